The molecule has 0 radical (unpaired) electrons. The average molecular weight is 349 g/mol. The van der Waals surface area contributed by atoms with E-state index in [4.69, 9.17) is 5.73 Å². The van der Waals surface area contributed by atoms with E-state index in [0.717, 1.165) is 22.1 Å². The van der Waals surface area contributed by atoms with Gasteiger partial charge in [0.15, 0.2) is 0 Å². The Morgan fingerprint density at radius 1 is 1.42 bits per heavy atom. The Hall–Kier alpha value is -0.590. The van der Waals surface area contributed by atoms with Gasteiger partial charge in [0.25, 0.3) is 0 Å². The quantitative estimate of drug-likeness (QED) is 0.851. The molecule has 1 unspecified atom stereocenters. The van der Waals surface area contributed by atoms with E-state index in [-0.39, 0.29) is 11.8 Å². The van der Waals surface area contributed by atoms with Crippen molar-refractivity contribution in [2.45, 2.75) is 19.4 Å². The molecule has 0 aliphatic rings. The molecule has 108 valence electrons. The maximum absolute atomic E-state index is 11.2. The summed E-state index contributed by atoms with van der Waals surface area (Å²) >= 11 is 3.53. The SMILES string of the molecule is CC(N)Cc1ccc(N(C)CCS(C)(=O)=O)cc1Br. The molecule has 0 aliphatic heterocycles. The van der Waals surface area contributed by atoms with Gasteiger partial charge in [-0.3, -0.25) is 0 Å². The maximum Gasteiger partial charge on any atom is 0.149 e. The zero-order chi connectivity index (χ0) is 14.6. The fraction of sp³-hybridized carbons (Fsp3) is 0.538. The number of hydrogen-bond donors (Lipinski definition) is 1. The van der Waals surface area contributed by atoms with Crippen LogP contribution in [0.1, 0.15) is 12.5 Å². The summed E-state index contributed by atoms with van der Waals surface area (Å²) in [6.07, 6.45) is 2.07. The Morgan fingerprint density at radius 3 is 2.53 bits per heavy atom. The fourth-order valence-corrected chi connectivity index (χ4v) is 2.85. The molecule has 0 spiro atoms. The number of hydrogen-bond acceptors (Lipinski definition) is 4. The van der Waals surface area contributed by atoms with E-state index in [0.29, 0.717) is 6.54 Å². The zero-order valence-electron chi connectivity index (χ0n) is 11.6. The minimum absolute atomic E-state index is 0.116. The second kappa shape index (κ2) is 6.72. The second-order valence-corrected chi connectivity index (χ2v) is 8.12. The van der Waals surface area contributed by atoms with Gasteiger partial charge in [0, 0.05) is 36.1 Å². The van der Waals surface area contributed by atoms with Crippen molar-refractivity contribution in [1.82, 2.24) is 0 Å². The predicted molar refractivity (Wildman–Crippen MR) is 84.5 cm³/mol. The maximum atomic E-state index is 11.2. The van der Waals surface area contributed by atoms with Crippen LogP contribution in [-0.2, 0) is 16.3 Å². The first-order chi connectivity index (χ1) is 8.69. The van der Waals surface area contributed by atoms with Crippen LogP contribution in [0.15, 0.2) is 22.7 Å². The van der Waals surface area contributed by atoms with Crippen LogP contribution in [0.2, 0.25) is 0 Å². The standard InChI is InChI=1S/C13H21BrN2O2S/c1-10(15)8-11-4-5-12(9-13(11)14)16(2)6-7-19(3,17)18/h4-5,9-10H,6-8,15H2,1-3H3. The van der Waals surface area contributed by atoms with Crippen LogP contribution >= 0.6 is 15.9 Å². The highest BCUT2D eigenvalue weighted by molar-refractivity contribution is 9.10. The minimum Gasteiger partial charge on any atom is -0.374 e. The molecular formula is C13H21BrN2O2S. The number of benzene rings is 1. The third-order valence-electron chi connectivity index (χ3n) is 2.82. The van der Waals surface area contributed by atoms with E-state index in [1.165, 1.54) is 6.26 Å². The van der Waals surface area contributed by atoms with Gasteiger partial charge in [0.05, 0.1) is 5.75 Å². The summed E-state index contributed by atoms with van der Waals surface area (Å²) in [5.74, 6) is 0.155. The normalized spacial score (nSPS) is 13.3. The van der Waals surface area contributed by atoms with Crippen molar-refractivity contribution in [3.05, 3.63) is 28.2 Å². The molecule has 0 heterocycles. The topological polar surface area (TPSA) is 63.4 Å². The molecule has 0 saturated heterocycles. The van der Waals surface area contributed by atoms with Crippen LogP contribution in [0.25, 0.3) is 0 Å². The van der Waals surface area contributed by atoms with Gasteiger partial charge in [-0.25, -0.2) is 8.42 Å². The summed E-state index contributed by atoms with van der Waals surface area (Å²) in [7, 11) is -1.04. The number of nitrogens with zero attached hydrogens (tertiary/aromatic N) is 1. The van der Waals surface area contributed by atoms with Gasteiger partial charge in [-0.1, -0.05) is 22.0 Å². The van der Waals surface area contributed by atoms with Crippen LogP contribution in [0.5, 0.6) is 0 Å². The Kier molecular flexibility index (Phi) is 5.82. The van der Waals surface area contributed by atoms with Crippen molar-refractivity contribution in [2.75, 3.05) is 30.5 Å². The minimum atomic E-state index is -2.93. The van der Waals surface area contributed by atoms with E-state index < -0.39 is 9.84 Å². The summed E-state index contributed by atoms with van der Waals surface area (Å²) in [6.45, 7) is 2.45. The molecule has 1 atom stereocenters. The summed E-state index contributed by atoms with van der Waals surface area (Å²) in [6, 6.07) is 6.13. The monoisotopic (exact) mass is 348 g/mol. The first kappa shape index (κ1) is 16.5. The molecular weight excluding hydrogens is 328 g/mol. The van der Waals surface area contributed by atoms with Crippen molar-refractivity contribution >= 4 is 31.5 Å². The van der Waals surface area contributed by atoms with E-state index in [2.05, 4.69) is 15.9 Å². The summed E-state index contributed by atoms with van der Waals surface area (Å²) in [5, 5.41) is 0. The lowest BCUT2D eigenvalue weighted by molar-refractivity contribution is 0.601. The first-order valence-electron chi connectivity index (χ1n) is 6.12. The van der Waals surface area contributed by atoms with Crippen LogP contribution in [0.3, 0.4) is 0 Å². The number of halogens is 1. The molecule has 1 aromatic carbocycles. The third-order valence-corrected chi connectivity index (χ3v) is 4.48. The number of rotatable bonds is 6. The first-order valence-corrected chi connectivity index (χ1v) is 8.97. The molecule has 0 saturated carbocycles. The van der Waals surface area contributed by atoms with Crippen LogP contribution in [0, 0.1) is 0 Å². The number of nitrogens with two attached hydrogens (primary N) is 1. The molecule has 6 heteroatoms. The van der Waals surface area contributed by atoms with Crippen LogP contribution in [-0.4, -0.2) is 40.1 Å². The van der Waals surface area contributed by atoms with E-state index in [9.17, 15) is 8.42 Å². The van der Waals surface area contributed by atoms with Gasteiger partial charge in [0.1, 0.15) is 9.84 Å². The van der Waals surface area contributed by atoms with Gasteiger partial charge in [-0.05, 0) is 31.0 Å². The Balaban J connectivity index is 2.77. The van der Waals surface area contributed by atoms with Gasteiger partial charge < -0.3 is 10.6 Å². The smallest absolute Gasteiger partial charge is 0.149 e. The molecule has 4 nitrogen and oxygen atoms in total. The van der Waals surface area contributed by atoms with Crippen molar-refractivity contribution < 1.29 is 8.42 Å². The highest BCUT2D eigenvalue weighted by Gasteiger charge is 2.09. The summed E-state index contributed by atoms with van der Waals surface area (Å²) < 4.78 is 23.3. The number of anilines is 1. The molecule has 1 rings (SSSR count). The highest BCUT2D eigenvalue weighted by atomic mass is 79.9. The zero-order valence-corrected chi connectivity index (χ0v) is 14.0. The molecule has 0 aromatic heterocycles. The van der Waals surface area contributed by atoms with Gasteiger partial charge >= 0.3 is 0 Å². The molecule has 0 amide bonds. The largest absolute Gasteiger partial charge is 0.374 e. The van der Waals surface area contributed by atoms with Crippen molar-refractivity contribution in [1.29, 1.82) is 0 Å². The van der Waals surface area contributed by atoms with Crippen molar-refractivity contribution in [2.24, 2.45) is 5.73 Å². The summed E-state index contributed by atoms with van der Waals surface area (Å²) in [4.78, 5) is 1.93. The molecule has 2 N–H and O–H groups in total. The highest BCUT2D eigenvalue weighted by Crippen LogP contribution is 2.24. The third kappa shape index (κ3) is 5.93. The van der Waals surface area contributed by atoms with Crippen LogP contribution in [0.4, 0.5) is 5.69 Å². The predicted octanol–water partition coefficient (Wildman–Crippen LogP) is 1.82. The fourth-order valence-electron chi connectivity index (χ4n) is 1.72. The lowest BCUT2D eigenvalue weighted by Crippen LogP contribution is -2.25. The summed E-state index contributed by atoms with van der Waals surface area (Å²) in [5.41, 5.74) is 7.94. The lowest BCUT2D eigenvalue weighted by Gasteiger charge is -2.20. The Labute approximate surface area is 124 Å². The molecule has 0 bridgehead atoms. The Bertz CT molecular complexity index is 529. The molecule has 1 aromatic rings. The molecule has 0 fully saturated rings. The van der Waals surface area contributed by atoms with Crippen LogP contribution < -0.4 is 10.6 Å². The average Bonchev–Trinajstić information content (AvgIpc) is 2.27. The van der Waals surface area contributed by atoms with Gasteiger partial charge in [-0.15, -0.1) is 0 Å². The Morgan fingerprint density at radius 2 is 2.05 bits per heavy atom. The van der Waals surface area contributed by atoms with Crippen molar-refractivity contribution in [3.8, 4) is 0 Å². The lowest BCUT2D eigenvalue weighted by atomic mass is 10.1. The molecule has 0 aliphatic carbocycles. The van der Waals surface area contributed by atoms with E-state index in [1.54, 1.807) is 0 Å². The van der Waals surface area contributed by atoms with E-state index >= 15 is 0 Å². The second-order valence-electron chi connectivity index (χ2n) is 5.01. The number of sulfone groups is 1. The van der Waals surface area contributed by atoms with Gasteiger partial charge in [-0.2, -0.15) is 0 Å². The van der Waals surface area contributed by atoms with E-state index in [1.807, 2.05) is 37.1 Å². The molecule has 19 heavy (non-hydrogen) atoms. The van der Waals surface area contributed by atoms with Crippen molar-refractivity contribution in [3.63, 3.8) is 0 Å². The van der Waals surface area contributed by atoms with Gasteiger partial charge in [0.2, 0.25) is 0 Å².